The molecule has 5 nitrogen and oxygen atoms in total. The lowest BCUT2D eigenvalue weighted by Gasteiger charge is -2.15. The molecule has 1 fully saturated rings. The highest BCUT2D eigenvalue weighted by Crippen LogP contribution is 2.38. The van der Waals surface area contributed by atoms with Gasteiger partial charge in [0.1, 0.15) is 5.82 Å². The highest BCUT2D eigenvalue weighted by atomic mass is 127. The molecule has 0 bridgehead atoms. The average molecular weight is 397 g/mol. The average Bonchev–Trinajstić information content (AvgIpc) is 3.11. The van der Waals surface area contributed by atoms with Gasteiger partial charge >= 0.3 is 0 Å². The number of nitrogens with one attached hydrogen (secondary N) is 1. The monoisotopic (exact) mass is 397 g/mol. The van der Waals surface area contributed by atoms with Crippen molar-refractivity contribution in [2.75, 3.05) is 12.4 Å². The molecule has 0 saturated heterocycles. The molecule has 2 aromatic rings. The van der Waals surface area contributed by atoms with E-state index in [2.05, 4.69) is 44.9 Å². The first-order chi connectivity index (χ1) is 10.1. The van der Waals surface area contributed by atoms with Crippen LogP contribution in [-0.4, -0.2) is 26.8 Å². The van der Waals surface area contributed by atoms with Crippen molar-refractivity contribution in [1.29, 1.82) is 0 Å². The zero-order valence-corrected chi connectivity index (χ0v) is 14.8. The van der Waals surface area contributed by atoms with E-state index in [1.165, 1.54) is 31.4 Å². The molecule has 0 radical (unpaired) electrons. The van der Waals surface area contributed by atoms with E-state index in [9.17, 15) is 0 Å². The summed E-state index contributed by atoms with van der Waals surface area (Å²) in [7, 11) is 3.87. The number of aromatic nitrogens is 4. The normalized spacial score (nSPS) is 15.6. The van der Waals surface area contributed by atoms with Crippen LogP contribution >= 0.6 is 22.6 Å². The van der Waals surface area contributed by atoms with Gasteiger partial charge in [-0.3, -0.25) is 4.68 Å². The first kappa shape index (κ1) is 14.7. The van der Waals surface area contributed by atoms with Gasteiger partial charge in [0.15, 0.2) is 5.82 Å². The van der Waals surface area contributed by atoms with Gasteiger partial charge in [-0.1, -0.05) is 12.8 Å². The lowest BCUT2D eigenvalue weighted by molar-refractivity contribution is 0.690. The number of halogens is 1. The van der Waals surface area contributed by atoms with Gasteiger partial charge in [-0.25, -0.2) is 9.97 Å². The summed E-state index contributed by atoms with van der Waals surface area (Å²) in [5.74, 6) is 2.28. The van der Waals surface area contributed by atoms with E-state index in [0.29, 0.717) is 5.92 Å². The van der Waals surface area contributed by atoms with Crippen LogP contribution in [0.25, 0.3) is 11.4 Å². The Morgan fingerprint density at radius 1 is 1.29 bits per heavy atom. The molecule has 0 aromatic carbocycles. The molecular formula is C15H20IN5. The van der Waals surface area contributed by atoms with Gasteiger partial charge in [0.05, 0.1) is 21.0 Å². The Morgan fingerprint density at radius 2 is 2.00 bits per heavy atom. The largest absolute Gasteiger partial charge is 0.372 e. The topological polar surface area (TPSA) is 55.6 Å². The van der Waals surface area contributed by atoms with Crippen LogP contribution < -0.4 is 5.32 Å². The Bertz CT molecular complexity index is 658. The highest BCUT2D eigenvalue weighted by molar-refractivity contribution is 14.1. The first-order valence-electron chi connectivity index (χ1n) is 7.36. The number of rotatable bonds is 3. The van der Waals surface area contributed by atoms with Gasteiger partial charge in [-0.2, -0.15) is 5.10 Å². The predicted octanol–water partition coefficient (Wildman–Crippen LogP) is 3.49. The summed E-state index contributed by atoms with van der Waals surface area (Å²) >= 11 is 2.37. The van der Waals surface area contributed by atoms with E-state index in [0.717, 1.165) is 26.5 Å². The summed E-state index contributed by atoms with van der Waals surface area (Å²) in [4.78, 5) is 9.58. The standard InChI is InChI=1S/C15H20IN5/c1-9-11(8-18-21(9)3)14-19-13(10-6-4-5-7-10)12(16)15(17-2)20-14/h8,10H,4-7H2,1-3H3,(H,17,19,20). The molecule has 21 heavy (non-hydrogen) atoms. The Labute approximate surface area is 138 Å². The lowest BCUT2D eigenvalue weighted by atomic mass is 10.0. The van der Waals surface area contributed by atoms with Crippen LogP contribution in [0.2, 0.25) is 0 Å². The van der Waals surface area contributed by atoms with Crippen LogP contribution in [-0.2, 0) is 7.05 Å². The maximum Gasteiger partial charge on any atom is 0.165 e. The second-order valence-corrected chi connectivity index (χ2v) is 6.67. The Kier molecular flexibility index (Phi) is 4.14. The molecule has 0 amide bonds. The van der Waals surface area contributed by atoms with E-state index in [1.807, 2.05) is 25.0 Å². The van der Waals surface area contributed by atoms with Crippen LogP contribution in [0, 0.1) is 10.5 Å². The smallest absolute Gasteiger partial charge is 0.165 e. The summed E-state index contributed by atoms with van der Waals surface area (Å²) < 4.78 is 3.03. The molecular weight excluding hydrogens is 377 g/mol. The zero-order chi connectivity index (χ0) is 15.0. The number of hydrogen-bond donors (Lipinski definition) is 1. The minimum absolute atomic E-state index is 0.572. The maximum absolute atomic E-state index is 4.90. The van der Waals surface area contributed by atoms with Crippen LogP contribution in [0.1, 0.15) is 43.0 Å². The van der Waals surface area contributed by atoms with Crippen molar-refractivity contribution in [2.24, 2.45) is 7.05 Å². The number of aryl methyl sites for hydroxylation is 1. The van der Waals surface area contributed by atoms with E-state index in [4.69, 9.17) is 4.98 Å². The molecule has 3 rings (SSSR count). The molecule has 0 atom stereocenters. The minimum Gasteiger partial charge on any atom is -0.372 e. The van der Waals surface area contributed by atoms with Crippen molar-refractivity contribution in [3.8, 4) is 11.4 Å². The third-order valence-corrected chi connectivity index (χ3v) is 5.40. The number of nitrogens with zero attached hydrogens (tertiary/aromatic N) is 4. The van der Waals surface area contributed by atoms with Crippen LogP contribution in [0.15, 0.2) is 6.20 Å². The van der Waals surface area contributed by atoms with Crippen molar-refractivity contribution in [2.45, 2.75) is 38.5 Å². The number of hydrogen-bond acceptors (Lipinski definition) is 4. The van der Waals surface area contributed by atoms with Gasteiger partial charge in [0, 0.05) is 25.7 Å². The third kappa shape index (κ3) is 2.65. The van der Waals surface area contributed by atoms with Gasteiger partial charge in [0.25, 0.3) is 0 Å². The summed E-state index contributed by atoms with van der Waals surface area (Å²) in [6.07, 6.45) is 6.94. The molecule has 1 aliphatic rings. The van der Waals surface area contributed by atoms with Gasteiger partial charge in [-0.05, 0) is 42.4 Å². The Morgan fingerprint density at radius 3 is 2.57 bits per heavy atom. The molecule has 0 unspecified atom stereocenters. The van der Waals surface area contributed by atoms with Crippen LogP contribution in [0.5, 0.6) is 0 Å². The van der Waals surface area contributed by atoms with Crippen molar-refractivity contribution >= 4 is 28.4 Å². The Hall–Kier alpha value is -1.18. The van der Waals surface area contributed by atoms with Gasteiger partial charge in [0.2, 0.25) is 0 Å². The van der Waals surface area contributed by atoms with Crippen LogP contribution in [0.4, 0.5) is 5.82 Å². The fraction of sp³-hybridized carbons (Fsp3) is 0.533. The summed E-state index contributed by atoms with van der Waals surface area (Å²) in [5.41, 5.74) is 3.31. The minimum atomic E-state index is 0.572. The number of anilines is 1. The van der Waals surface area contributed by atoms with E-state index < -0.39 is 0 Å². The fourth-order valence-electron chi connectivity index (χ4n) is 2.94. The zero-order valence-electron chi connectivity index (χ0n) is 12.6. The third-order valence-electron chi connectivity index (χ3n) is 4.33. The van der Waals surface area contributed by atoms with E-state index in [1.54, 1.807) is 0 Å². The molecule has 1 N–H and O–H groups in total. The second kappa shape index (κ2) is 5.90. The van der Waals surface area contributed by atoms with Crippen molar-refractivity contribution < 1.29 is 0 Å². The molecule has 0 spiro atoms. The molecule has 1 saturated carbocycles. The van der Waals surface area contributed by atoms with E-state index >= 15 is 0 Å². The molecule has 112 valence electrons. The predicted molar refractivity (Wildman–Crippen MR) is 92.4 cm³/mol. The molecule has 2 heterocycles. The molecule has 1 aliphatic carbocycles. The van der Waals surface area contributed by atoms with Crippen molar-refractivity contribution in [3.05, 3.63) is 21.2 Å². The molecule has 6 heteroatoms. The summed E-state index contributed by atoms with van der Waals surface area (Å²) in [6, 6.07) is 0. The summed E-state index contributed by atoms with van der Waals surface area (Å²) in [5, 5.41) is 7.52. The molecule has 0 aliphatic heterocycles. The highest BCUT2D eigenvalue weighted by Gasteiger charge is 2.24. The van der Waals surface area contributed by atoms with Gasteiger partial charge < -0.3 is 5.32 Å². The fourth-order valence-corrected chi connectivity index (χ4v) is 3.89. The van der Waals surface area contributed by atoms with Crippen molar-refractivity contribution in [3.63, 3.8) is 0 Å². The van der Waals surface area contributed by atoms with Crippen LogP contribution in [0.3, 0.4) is 0 Å². The first-order valence-corrected chi connectivity index (χ1v) is 8.44. The van der Waals surface area contributed by atoms with Crippen molar-refractivity contribution in [1.82, 2.24) is 19.7 Å². The van der Waals surface area contributed by atoms with Gasteiger partial charge in [-0.15, -0.1) is 0 Å². The molecule has 2 aromatic heterocycles. The SMILES string of the molecule is CNc1nc(-c2cnn(C)c2C)nc(C2CCCC2)c1I. The lowest BCUT2D eigenvalue weighted by Crippen LogP contribution is -2.08. The second-order valence-electron chi connectivity index (χ2n) is 5.59. The Balaban J connectivity index is 2.13. The van der Waals surface area contributed by atoms with E-state index in [-0.39, 0.29) is 0 Å². The maximum atomic E-state index is 4.90. The quantitative estimate of drug-likeness (QED) is 0.806. The summed E-state index contributed by atoms with van der Waals surface area (Å²) in [6.45, 7) is 2.05.